The summed E-state index contributed by atoms with van der Waals surface area (Å²) in [5.74, 6) is 0. The molecule has 0 fully saturated rings. The monoisotopic (exact) mass is 350 g/mol. The predicted octanol–water partition coefficient (Wildman–Crippen LogP) is 4.27. The van der Waals surface area contributed by atoms with Gasteiger partial charge in [-0.1, -0.05) is 25.3 Å². The molecule has 24 heavy (non-hydrogen) atoms. The quantitative estimate of drug-likeness (QED) is 0.335. The van der Waals surface area contributed by atoms with Crippen molar-refractivity contribution in [3.63, 3.8) is 0 Å². The van der Waals surface area contributed by atoms with Gasteiger partial charge >= 0.3 is 12.3 Å². The molecule has 0 aliphatic heterocycles. The lowest BCUT2D eigenvalue weighted by Crippen LogP contribution is -2.24. The van der Waals surface area contributed by atoms with Crippen LogP contribution in [0.3, 0.4) is 0 Å². The fraction of sp³-hybridized carbons (Fsp3) is 0.625. The number of hydrogen-bond donors (Lipinski definition) is 2. The Kier molecular flexibility index (Phi) is 16.2. The van der Waals surface area contributed by atoms with E-state index in [0.29, 0.717) is 0 Å². The highest BCUT2D eigenvalue weighted by Gasteiger charge is 2.17. The highest BCUT2D eigenvalue weighted by Crippen LogP contribution is 2.08. The van der Waals surface area contributed by atoms with E-state index in [1.807, 2.05) is 0 Å². The summed E-state index contributed by atoms with van der Waals surface area (Å²) in [6, 6.07) is 0. The zero-order chi connectivity index (χ0) is 19.8. The molecule has 0 radical (unpaired) electrons. The van der Waals surface area contributed by atoms with E-state index in [-0.39, 0.29) is 13.2 Å². The molecule has 0 aromatic carbocycles. The number of rotatable bonds is 4. The molecule has 0 heterocycles. The van der Waals surface area contributed by atoms with Crippen molar-refractivity contribution in [3.8, 4) is 0 Å². The van der Waals surface area contributed by atoms with Gasteiger partial charge in [0.25, 0.3) is 0 Å². The number of carbonyl (C=O) groups is 2. The lowest BCUT2D eigenvalue weighted by atomic mass is 10.2. The lowest BCUT2D eigenvalue weighted by molar-refractivity contribution is -0.176. The number of carbonyl (C=O) groups excluding carboxylic acids is 2. The second-order valence-electron chi connectivity index (χ2n) is 6.13. The summed E-state index contributed by atoms with van der Waals surface area (Å²) in [6.07, 6.45) is 1.67. The minimum Gasteiger partial charge on any atom is -0.430 e. The van der Waals surface area contributed by atoms with E-state index < -0.39 is 23.5 Å². The highest BCUT2D eigenvalue weighted by atomic mass is 17.0. The van der Waals surface area contributed by atoms with Gasteiger partial charge in [-0.2, -0.15) is 0 Å². The molecule has 0 amide bonds. The van der Waals surface area contributed by atoms with Crippen molar-refractivity contribution in [2.24, 2.45) is 0 Å². The van der Waals surface area contributed by atoms with Crippen LogP contribution in [0.25, 0.3) is 0 Å². The van der Waals surface area contributed by atoms with Crippen molar-refractivity contribution in [1.29, 1.82) is 0 Å². The third-order valence-corrected chi connectivity index (χ3v) is 1.42. The Morgan fingerprint density at radius 1 is 0.792 bits per heavy atom. The average Bonchev–Trinajstić information content (AvgIpc) is 2.42. The van der Waals surface area contributed by atoms with E-state index in [2.05, 4.69) is 22.6 Å². The molecule has 0 bridgehead atoms. The molecule has 142 valence electrons. The van der Waals surface area contributed by atoms with Crippen molar-refractivity contribution >= 4 is 12.3 Å². The Bertz CT molecular complexity index is 327. The Balaban J connectivity index is -0.000000333. The predicted molar refractivity (Wildman–Crippen MR) is 90.0 cm³/mol. The van der Waals surface area contributed by atoms with Crippen LogP contribution in [0.4, 0.5) is 9.59 Å². The lowest BCUT2D eigenvalue weighted by Gasteiger charge is -2.18. The Hall–Kier alpha value is -2.06. The summed E-state index contributed by atoms with van der Waals surface area (Å²) in [5.41, 5.74) is -0.976. The van der Waals surface area contributed by atoms with Gasteiger partial charge in [0.2, 0.25) is 0 Å². The summed E-state index contributed by atoms with van der Waals surface area (Å²) in [7, 11) is 0. The number of ether oxygens (including phenoxy) is 4. The summed E-state index contributed by atoms with van der Waals surface area (Å²) < 4.78 is 18.8. The molecular weight excluding hydrogens is 320 g/mol. The average molecular weight is 350 g/mol. The molecule has 0 atom stereocenters. The van der Waals surface area contributed by atoms with Crippen LogP contribution >= 0.6 is 0 Å². The first-order chi connectivity index (χ1) is 10.9. The maximum absolute atomic E-state index is 10.7. The van der Waals surface area contributed by atoms with Gasteiger partial charge < -0.3 is 18.9 Å². The van der Waals surface area contributed by atoms with E-state index in [0.717, 1.165) is 0 Å². The summed E-state index contributed by atoms with van der Waals surface area (Å²) in [5, 5.41) is 12.0. The molecule has 0 aromatic rings. The molecule has 2 N–H and O–H groups in total. The normalized spacial score (nSPS) is 9.83. The van der Waals surface area contributed by atoms with E-state index in [9.17, 15) is 9.59 Å². The zero-order valence-electron chi connectivity index (χ0n) is 15.3. The van der Waals surface area contributed by atoms with Crippen molar-refractivity contribution < 1.29 is 39.1 Å². The second-order valence-corrected chi connectivity index (χ2v) is 6.13. The van der Waals surface area contributed by atoms with Crippen LogP contribution in [0, 0.1) is 0 Å². The topological polar surface area (TPSA) is 112 Å². The molecule has 0 saturated heterocycles. The zero-order valence-corrected chi connectivity index (χ0v) is 15.3. The first-order valence-corrected chi connectivity index (χ1v) is 7.04. The third-order valence-electron chi connectivity index (χ3n) is 1.42. The van der Waals surface area contributed by atoms with Crippen molar-refractivity contribution in [3.05, 3.63) is 25.3 Å². The molecule has 0 unspecified atom stereocenters. The first kappa shape index (κ1) is 26.8. The van der Waals surface area contributed by atoms with E-state index >= 15 is 0 Å². The Morgan fingerprint density at radius 2 is 1.04 bits per heavy atom. The van der Waals surface area contributed by atoms with Crippen LogP contribution in [-0.2, 0) is 18.9 Å². The molecule has 0 saturated carbocycles. The summed E-state index contributed by atoms with van der Waals surface area (Å²) in [4.78, 5) is 21.5. The molecular formula is C16H30O8. The van der Waals surface area contributed by atoms with Gasteiger partial charge in [0, 0.05) is 0 Å². The van der Waals surface area contributed by atoms with Gasteiger partial charge in [0.05, 0.1) is 0 Å². The smallest absolute Gasteiger partial charge is 0.430 e. The fourth-order valence-electron chi connectivity index (χ4n) is 0.813. The van der Waals surface area contributed by atoms with Gasteiger partial charge in [-0.25, -0.2) is 9.59 Å². The van der Waals surface area contributed by atoms with Crippen LogP contribution in [0.2, 0.25) is 0 Å². The van der Waals surface area contributed by atoms with Gasteiger partial charge in [-0.05, 0) is 41.5 Å². The molecule has 0 aliphatic rings. The van der Waals surface area contributed by atoms with Gasteiger partial charge in [0.1, 0.15) is 24.4 Å². The van der Waals surface area contributed by atoms with Gasteiger partial charge in [-0.3, -0.25) is 10.5 Å². The molecule has 0 rings (SSSR count). The molecule has 8 nitrogen and oxygen atoms in total. The van der Waals surface area contributed by atoms with Gasteiger partial charge in [0.15, 0.2) is 0 Å². The largest absolute Gasteiger partial charge is 0.509 e. The van der Waals surface area contributed by atoms with Crippen LogP contribution in [0.15, 0.2) is 25.3 Å². The van der Waals surface area contributed by atoms with Crippen LogP contribution < -0.4 is 0 Å². The molecule has 0 spiro atoms. The Morgan fingerprint density at radius 3 is 1.21 bits per heavy atom. The molecule has 0 aromatic heterocycles. The molecule has 8 heteroatoms. The van der Waals surface area contributed by atoms with E-state index in [4.69, 9.17) is 20.0 Å². The summed E-state index contributed by atoms with van der Waals surface area (Å²) >= 11 is 0. The maximum atomic E-state index is 10.7. The second kappa shape index (κ2) is 14.5. The first-order valence-electron chi connectivity index (χ1n) is 7.04. The van der Waals surface area contributed by atoms with Crippen LogP contribution in [0.5, 0.6) is 0 Å². The minimum absolute atomic E-state index is 0.189. The third kappa shape index (κ3) is 28.2. The minimum atomic E-state index is -0.655. The van der Waals surface area contributed by atoms with Crippen LogP contribution in [-0.4, -0.2) is 47.2 Å². The van der Waals surface area contributed by atoms with E-state index in [1.165, 1.54) is 12.2 Å². The number of hydrogen-bond acceptors (Lipinski definition) is 8. The Labute approximate surface area is 143 Å². The van der Waals surface area contributed by atoms with Gasteiger partial charge in [-0.15, -0.1) is 0 Å². The maximum Gasteiger partial charge on any atom is 0.509 e. The van der Waals surface area contributed by atoms with Crippen molar-refractivity contribution in [1.82, 2.24) is 0 Å². The van der Waals surface area contributed by atoms with Crippen molar-refractivity contribution in [2.45, 2.75) is 52.7 Å². The van der Waals surface area contributed by atoms with E-state index in [1.54, 1.807) is 41.5 Å². The van der Waals surface area contributed by atoms with Crippen molar-refractivity contribution in [2.75, 3.05) is 13.2 Å². The molecule has 0 aliphatic carbocycles. The highest BCUT2D eigenvalue weighted by molar-refractivity contribution is 5.60. The standard InChI is InChI=1S/2C8H14O3.H2O2/c2*1-5-6-10-7(9)11-8(2,3)4;1-2/h2*5H,1,6H2,2-4H3;1-2H. The fourth-order valence-corrected chi connectivity index (χ4v) is 0.813. The SMILES string of the molecule is C=CCOC(=O)OC(C)(C)C.C=CCOC(=O)OC(C)(C)C.OO. The van der Waals surface area contributed by atoms with Crippen LogP contribution in [0.1, 0.15) is 41.5 Å². The summed E-state index contributed by atoms with van der Waals surface area (Å²) in [6.45, 7) is 17.9.